The number of hydrogen-bond acceptors (Lipinski definition) is 2. The van der Waals surface area contributed by atoms with Crippen molar-refractivity contribution in [3.8, 4) is 0 Å². The van der Waals surface area contributed by atoms with Gasteiger partial charge in [-0.15, -0.1) is 0 Å². The quantitative estimate of drug-likeness (QED) is 0.403. The van der Waals surface area contributed by atoms with Gasteiger partial charge >= 0.3 is 0 Å². The highest BCUT2D eigenvalue weighted by molar-refractivity contribution is 4.80. The molecule has 1 aliphatic carbocycles. The second-order valence-corrected chi connectivity index (χ2v) is 6.51. The molecule has 0 heterocycles. The molecular formula is C18H38N2. The van der Waals surface area contributed by atoms with Crippen molar-refractivity contribution in [2.75, 3.05) is 19.6 Å². The molecule has 0 atom stereocenters. The minimum atomic E-state index is 0.872. The lowest BCUT2D eigenvalue weighted by Gasteiger charge is -2.06. The van der Waals surface area contributed by atoms with Crippen molar-refractivity contribution in [3.05, 3.63) is 0 Å². The monoisotopic (exact) mass is 282 g/mol. The Labute approximate surface area is 127 Å². The first-order valence-corrected chi connectivity index (χ1v) is 9.37. The molecule has 0 aromatic rings. The molecule has 0 aromatic carbocycles. The topological polar surface area (TPSA) is 24.1 Å². The summed E-state index contributed by atoms with van der Waals surface area (Å²) in [5.74, 6) is 0. The summed E-state index contributed by atoms with van der Waals surface area (Å²) in [6, 6.07) is 0.872. The number of hydrogen-bond donors (Lipinski definition) is 2. The highest BCUT2D eigenvalue weighted by Crippen LogP contribution is 2.18. The molecule has 2 N–H and O–H groups in total. The molecule has 0 saturated heterocycles. The fraction of sp³-hybridized carbons (Fsp3) is 1.00. The molecule has 1 rings (SSSR count). The molecule has 0 aliphatic heterocycles. The van der Waals surface area contributed by atoms with Crippen LogP contribution in [0.25, 0.3) is 0 Å². The van der Waals surface area contributed by atoms with E-state index < -0.39 is 0 Å². The molecule has 0 aromatic heterocycles. The fourth-order valence-electron chi connectivity index (χ4n) is 2.67. The van der Waals surface area contributed by atoms with Crippen molar-refractivity contribution in [1.82, 2.24) is 10.6 Å². The average molecular weight is 283 g/mol. The van der Waals surface area contributed by atoms with Crippen molar-refractivity contribution >= 4 is 0 Å². The lowest BCUT2D eigenvalue weighted by atomic mass is 10.1. The maximum absolute atomic E-state index is 3.56. The summed E-state index contributed by atoms with van der Waals surface area (Å²) in [5, 5.41) is 7.12. The molecule has 0 radical (unpaired) electrons. The van der Waals surface area contributed by atoms with E-state index >= 15 is 0 Å². The molecule has 1 fully saturated rings. The number of nitrogens with one attached hydrogen (secondary N) is 2. The summed E-state index contributed by atoms with van der Waals surface area (Å²) in [6.45, 7) is 5.91. The molecule has 0 bridgehead atoms. The second-order valence-electron chi connectivity index (χ2n) is 6.51. The van der Waals surface area contributed by atoms with Crippen LogP contribution in [-0.4, -0.2) is 25.7 Å². The van der Waals surface area contributed by atoms with Gasteiger partial charge in [-0.25, -0.2) is 0 Å². The Morgan fingerprint density at radius 1 is 0.650 bits per heavy atom. The fourth-order valence-corrected chi connectivity index (χ4v) is 2.67. The second kappa shape index (κ2) is 13.9. The van der Waals surface area contributed by atoms with Gasteiger partial charge in [0.2, 0.25) is 0 Å². The molecule has 120 valence electrons. The first kappa shape index (κ1) is 18.0. The van der Waals surface area contributed by atoms with Crippen molar-refractivity contribution in [2.45, 2.75) is 96.4 Å². The maximum Gasteiger partial charge on any atom is 0.00682 e. The Balaban J connectivity index is 1.60. The van der Waals surface area contributed by atoms with Crippen LogP contribution in [0.1, 0.15) is 90.4 Å². The van der Waals surface area contributed by atoms with Gasteiger partial charge in [0.25, 0.3) is 0 Å². The van der Waals surface area contributed by atoms with Gasteiger partial charge in [0.15, 0.2) is 0 Å². The van der Waals surface area contributed by atoms with E-state index in [4.69, 9.17) is 0 Å². The Morgan fingerprint density at radius 2 is 1.20 bits per heavy atom. The largest absolute Gasteiger partial charge is 0.317 e. The number of unbranched alkanes of at least 4 members (excludes halogenated alkanes) is 9. The zero-order chi connectivity index (χ0) is 14.3. The van der Waals surface area contributed by atoms with Gasteiger partial charge in [-0.3, -0.25) is 0 Å². The molecule has 1 aliphatic rings. The summed E-state index contributed by atoms with van der Waals surface area (Å²) in [6.07, 6.45) is 18.4. The van der Waals surface area contributed by atoms with Gasteiger partial charge in [-0.05, 0) is 45.3 Å². The van der Waals surface area contributed by atoms with Crippen molar-refractivity contribution in [2.24, 2.45) is 0 Å². The Kier molecular flexibility index (Phi) is 12.5. The van der Waals surface area contributed by atoms with Gasteiger partial charge < -0.3 is 10.6 Å². The van der Waals surface area contributed by atoms with Crippen LogP contribution >= 0.6 is 0 Å². The van der Waals surface area contributed by atoms with Crippen LogP contribution in [0.5, 0.6) is 0 Å². The van der Waals surface area contributed by atoms with E-state index in [1.165, 1.54) is 103 Å². The van der Waals surface area contributed by atoms with E-state index in [1.807, 2.05) is 0 Å². The lowest BCUT2D eigenvalue weighted by molar-refractivity contribution is 0.536. The lowest BCUT2D eigenvalue weighted by Crippen LogP contribution is -2.23. The first-order valence-electron chi connectivity index (χ1n) is 9.37. The van der Waals surface area contributed by atoms with E-state index in [0.717, 1.165) is 6.04 Å². The van der Waals surface area contributed by atoms with Gasteiger partial charge in [-0.2, -0.15) is 0 Å². The van der Waals surface area contributed by atoms with Gasteiger partial charge in [0.1, 0.15) is 0 Å². The summed E-state index contributed by atoms with van der Waals surface area (Å²) in [7, 11) is 0. The van der Waals surface area contributed by atoms with Crippen LogP contribution in [-0.2, 0) is 0 Å². The Morgan fingerprint density at radius 3 is 1.80 bits per heavy atom. The summed E-state index contributed by atoms with van der Waals surface area (Å²) in [5.41, 5.74) is 0. The molecular weight excluding hydrogens is 244 g/mol. The van der Waals surface area contributed by atoms with Crippen molar-refractivity contribution in [3.63, 3.8) is 0 Å². The van der Waals surface area contributed by atoms with Crippen LogP contribution in [0.2, 0.25) is 0 Å². The van der Waals surface area contributed by atoms with Gasteiger partial charge in [-0.1, -0.05) is 64.7 Å². The van der Waals surface area contributed by atoms with Crippen LogP contribution < -0.4 is 10.6 Å². The zero-order valence-corrected chi connectivity index (χ0v) is 13.9. The third-order valence-electron chi connectivity index (χ3n) is 4.25. The zero-order valence-electron chi connectivity index (χ0n) is 13.9. The first-order chi connectivity index (χ1) is 9.93. The summed E-state index contributed by atoms with van der Waals surface area (Å²) >= 11 is 0. The standard InChI is InChI=1S/C18H38N2/c1-2-3-4-5-6-7-8-9-10-11-15-19-16-12-17-20-18-13-14-18/h18-20H,2-17H2,1H3. The number of rotatable bonds is 16. The van der Waals surface area contributed by atoms with Crippen LogP contribution in [0.3, 0.4) is 0 Å². The predicted molar refractivity (Wildman–Crippen MR) is 90.4 cm³/mol. The van der Waals surface area contributed by atoms with Gasteiger partial charge in [0.05, 0.1) is 0 Å². The summed E-state index contributed by atoms with van der Waals surface area (Å²) < 4.78 is 0. The predicted octanol–water partition coefficient (Wildman–Crippen LogP) is 4.64. The minimum Gasteiger partial charge on any atom is -0.317 e. The van der Waals surface area contributed by atoms with Crippen LogP contribution in [0, 0.1) is 0 Å². The molecule has 20 heavy (non-hydrogen) atoms. The SMILES string of the molecule is CCCCCCCCCCCCNCCCNC1CC1. The molecule has 0 spiro atoms. The highest BCUT2D eigenvalue weighted by atomic mass is 14.9. The van der Waals surface area contributed by atoms with Crippen molar-refractivity contribution < 1.29 is 0 Å². The normalized spacial score (nSPS) is 14.8. The van der Waals surface area contributed by atoms with E-state index in [0.29, 0.717) is 0 Å². The molecule has 0 amide bonds. The van der Waals surface area contributed by atoms with Crippen LogP contribution in [0.4, 0.5) is 0 Å². The van der Waals surface area contributed by atoms with Crippen LogP contribution in [0.15, 0.2) is 0 Å². The molecule has 2 heteroatoms. The molecule has 1 saturated carbocycles. The Bertz CT molecular complexity index is 190. The van der Waals surface area contributed by atoms with E-state index in [9.17, 15) is 0 Å². The highest BCUT2D eigenvalue weighted by Gasteiger charge is 2.19. The van der Waals surface area contributed by atoms with E-state index in [1.54, 1.807) is 0 Å². The van der Waals surface area contributed by atoms with Gasteiger partial charge in [0, 0.05) is 6.04 Å². The summed E-state index contributed by atoms with van der Waals surface area (Å²) in [4.78, 5) is 0. The average Bonchev–Trinajstić information content (AvgIpc) is 3.27. The molecule has 0 unspecified atom stereocenters. The third-order valence-corrected chi connectivity index (χ3v) is 4.25. The van der Waals surface area contributed by atoms with E-state index in [2.05, 4.69) is 17.6 Å². The van der Waals surface area contributed by atoms with E-state index in [-0.39, 0.29) is 0 Å². The van der Waals surface area contributed by atoms with Crippen molar-refractivity contribution in [1.29, 1.82) is 0 Å². The smallest absolute Gasteiger partial charge is 0.00682 e. The maximum atomic E-state index is 3.56. The minimum absolute atomic E-state index is 0.872. The molecule has 2 nitrogen and oxygen atoms in total. The Hall–Kier alpha value is -0.0800. The third kappa shape index (κ3) is 12.9.